The Balaban J connectivity index is 2.40. The molecule has 9 heteroatoms. The van der Waals surface area contributed by atoms with Crippen molar-refractivity contribution in [2.45, 2.75) is 0 Å². The van der Waals surface area contributed by atoms with E-state index in [9.17, 15) is 29.8 Å². The smallest absolute Gasteiger partial charge is 0.347 e. The fraction of sp³-hybridized carbons (Fsp3) is 0. The van der Waals surface area contributed by atoms with E-state index in [2.05, 4.69) is 0 Å². The van der Waals surface area contributed by atoms with Crippen LogP contribution in [0.5, 0.6) is 0 Å². The van der Waals surface area contributed by atoms with Gasteiger partial charge in [-0.15, -0.1) is 4.57 Å². The number of nitro groups is 2. The number of carbonyl (C=O) groups excluding carboxylic acids is 2. The van der Waals surface area contributed by atoms with Crippen LogP contribution in [0.4, 0.5) is 11.5 Å². The number of hydrogen-bond donors (Lipinski definition) is 0. The zero-order valence-electron chi connectivity index (χ0n) is 10.2. The van der Waals surface area contributed by atoms with Gasteiger partial charge in [0.2, 0.25) is 5.78 Å². The lowest BCUT2D eigenvalue weighted by molar-refractivity contribution is -0.394. The summed E-state index contributed by atoms with van der Waals surface area (Å²) in [6.45, 7) is 0. The number of fused-ring (bicyclic) bond motifs is 2. The van der Waals surface area contributed by atoms with Gasteiger partial charge in [0.25, 0.3) is 5.69 Å². The standard InChI is InChI=1S/C12H5N3O6/c16-11-6-3-1-2-4-7(6)12(17)13-9(15(20)21)5-8(10(11)13)14(18)19/h1-5H. The molecule has 2 heterocycles. The molecule has 9 nitrogen and oxygen atoms in total. The maximum Gasteiger partial charge on any atom is 0.347 e. The van der Waals surface area contributed by atoms with Crippen molar-refractivity contribution >= 4 is 23.2 Å². The average molecular weight is 287 g/mol. The number of rotatable bonds is 2. The van der Waals surface area contributed by atoms with Gasteiger partial charge in [0.1, 0.15) is 6.07 Å². The van der Waals surface area contributed by atoms with Crippen molar-refractivity contribution in [1.82, 2.24) is 4.57 Å². The number of aromatic nitrogens is 1. The van der Waals surface area contributed by atoms with Gasteiger partial charge in [-0.25, -0.2) is 4.79 Å². The molecule has 2 aromatic rings. The largest absolute Gasteiger partial charge is 0.358 e. The predicted octanol–water partition coefficient (Wildman–Crippen LogP) is 1.54. The summed E-state index contributed by atoms with van der Waals surface area (Å²) in [5.41, 5.74) is -1.38. The van der Waals surface area contributed by atoms with Crippen molar-refractivity contribution in [3.8, 4) is 0 Å². The van der Waals surface area contributed by atoms with Crippen molar-refractivity contribution in [2.75, 3.05) is 0 Å². The van der Waals surface area contributed by atoms with Gasteiger partial charge in [0.05, 0.1) is 10.5 Å². The predicted molar refractivity (Wildman–Crippen MR) is 67.3 cm³/mol. The summed E-state index contributed by atoms with van der Waals surface area (Å²) in [6.07, 6.45) is 0. The molecule has 3 rings (SSSR count). The molecule has 0 amide bonds. The molecule has 0 fully saturated rings. The van der Waals surface area contributed by atoms with Gasteiger partial charge >= 0.3 is 17.4 Å². The molecule has 0 N–H and O–H groups in total. The normalized spacial score (nSPS) is 12.8. The third kappa shape index (κ3) is 1.57. The second kappa shape index (κ2) is 4.07. The first kappa shape index (κ1) is 12.7. The fourth-order valence-electron chi connectivity index (χ4n) is 2.30. The monoisotopic (exact) mass is 287 g/mol. The molecule has 0 saturated carbocycles. The molecule has 1 aromatic heterocycles. The Morgan fingerprint density at radius 2 is 1.57 bits per heavy atom. The van der Waals surface area contributed by atoms with Gasteiger partial charge in [-0.2, -0.15) is 0 Å². The topological polar surface area (TPSA) is 125 Å². The molecule has 1 aliphatic heterocycles. The molecule has 0 radical (unpaired) electrons. The Bertz CT molecular complexity index is 783. The molecule has 0 unspecified atom stereocenters. The summed E-state index contributed by atoms with van der Waals surface area (Å²) in [5.74, 6) is -2.42. The zero-order chi connectivity index (χ0) is 15.3. The highest BCUT2D eigenvalue weighted by Crippen LogP contribution is 2.35. The SMILES string of the molecule is O=C1c2ccccc2C(=O)n2c([N+](=O)[O-])cc([N+](=O)[O-])c21. The molecular weight excluding hydrogens is 282 g/mol. The molecule has 0 aliphatic carbocycles. The van der Waals surface area contributed by atoms with Crippen LogP contribution in [0.1, 0.15) is 26.4 Å². The van der Waals surface area contributed by atoms with Crippen LogP contribution in [0, 0.1) is 20.2 Å². The van der Waals surface area contributed by atoms with E-state index in [-0.39, 0.29) is 11.1 Å². The first-order chi connectivity index (χ1) is 9.93. The van der Waals surface area contributed by atoms with Gasteiger partial charge < -0.3 is 10.1 Å². The van der Waals surface area contributed by atoms with E-state index >= 15 is 0 Å². The summed E-state index contributed by atoms with van der Waals surface area (Å²) >= 11 is 0. The van der Waals surface area contributed by atoms with E-state index in [0.29, 0.717) is 10.6 Å². The number of carbonyl (C=O) groups is 2. The van der Waals surface area contributed by atoms with E-state index < -0.39 is 38.7 Å². The quantitative estimate of drug-likeness (QED) is 0.519. The van der Waals surface area contributed by atoms with Crippen molar-refractivity contribution < 1.29 is 19.4 Å². The number of benzene rings is 1. The highest BCUT2D eigenvalue weighted by atomic mass is 16.6. The van der Waals surface area contributed by atoms with Crippen LogP contribution in [0.15, 0.2) is 30.3 Å². The fourth-order valence-corrected chi connectivity index (χ4v) is 2.30. The Labute approximate surface area is 115 Å². The van der Waals surface area contributed by atoms with Crippen LogP contribution in [0.3, 0.4) is 0 Å². The van der Waals surface area contributed by atoms with Crippen molar-refractivity contribution in [3.63, 3.8) is 0 Å². The summed E-state index contributed by atoms with van der Waals surface area (Å²) in [7, 11) is 0. The molecule has 104 valence electrons. The van der Waals surface area contributed by atoms with Crippen LogP contribution in [0.2, 0.25) is 0 Å². The number of nitrogens with zero attached hydrogens (tertiary/aromatic N) is 3. The van der Waals surface area contributed by atoms with Crippen LogP contribution in [-0.2, 0) is 0 Å². The maximum atomic E-state index is 12.3. The van der Waals surface area contributed by atoms with E-state index in [1.807, 2.05) is 0 Å². The summed E-state index contributed by atoms with van der Waals surface area (Å²) in [5, 5.41) is 22.0. The average Bonchev–Trinajstić information content (AvgIpc) is 2.86. The highest BCUT2D eigenvalue weighted by Gasteiger charge is 2.45. The maximum absolute atomic E-state index is 12.3. The minimum Gasteiger partial charge on any atom is -0.358 e. The molecule has 0 saturated heterocycles. The summed E-state index contributed by atoms with van der Waals surface area (Å²) in [4.78, 5) is 44.7. The minimum absolute atomic E-state index is 0.00824. The molecule has 21 heavy (non-hydrogen) atoms. The lowest BCUT2D eigenvalue weighted by atomic mass is 9.97. The number of hydrogen-bond acceptors (Lipinski definition) is 6. The number of ketones is 1. The Morgan fingerprint density at radius 1 is 0.952 bits per heavy atom. The third-order valence-corrected chi connectivity index (χ3v) is 3.17. The molecule has 1 aliphatic rings. The summed E-state index contributed by atoms with van der Waals surface area (Å²) < 4.78 is 0.489. The van der Waals surface area contributed by atoms with E-state index in [4.69, 9.17) is 0 Å². The van der Waals surface area contributed by atoms with Gasteiger partial charge in [0, 0.05) is 5.56 Å². The van der Waals surface area contributed by atoms with Gasteiger partial charge in [-0.3, -0.25) is 14.9 Å². The van der Waals surface area contributed by atoms with Crippen LogP contribution in [0.25, 0.3) is 0 Å². The lowest BCUT2D eigenvalue weighted by Gasteiger charge is -2.12. The Hall–Kier alpha value is -3.36. The first-order valence-electron chi connectivity index (χ1n) is 5.66. The molecular formula is C12H5N3O6. The molecule has 0 bridgehead atoms. The second-order valence-electron chi connectivity index (χ2n) is 4.27. The summed E-state index contributed by atoms with van der Waals surface area (Å²) in [6, 6.07) is 6.31. The van der Waals surface area contributed by atoms with Crippen molar-refractivity contribution in [1.29, 1.82) is 0 Å². The molecule has 0 atom stereocenters. The van der Waals surface area contributed by atoms with Crippen LogP contribution >= 0.6 is 0 Å². The van der Waals surface area contributed by atoms with E-state index in [1.54, 1.807) is 0 Å². The Morgan fingerprint density at radius 3 is 2.14 bits per heavy atom. The lowest BCUT2D eigenvalue weighted by Crippen LogP contribution is -2.28. The Kier molecular flexibility index (Phi) is 2.45. The van der Waals surface area contributed by atoms with Crippen molar-refractivity contribution in [3.05, 3.63) is 67.4 Å². The van der Waals surface area contributed by atoms with Crippen LogP contribution in [-0.4, -0.2) is 26.1 Å². The van der Waals surface area contributed by atoms with E-state index in [0.717, 1.165) is 0 Å². The molecule has 0 spiro atoms. The van der Waals surface area contributed by atoms with Gasteiger partial charge in [-0.05, 0) is 17.1 Å². The third-order valence-electron chi connectivity index (χ3n) is 3.17. The van der Waals surface area contributed by atoms with Gasteiger partial charge in [-0.1, -0.05) is 12.1 Å². The second-order valence-corrected chi connectivity index (χ2v) is 4.27. The molecule has 1 aromatic carbocycles. The van der Waals surface area contributed by atoms with E-state index in [1.165, 1.54) is 24.3 Å². The van der Waals surface area contributed by atoms with Crippen LogP contribution < -0.4 is 0 Å². The minimum atomic E-state index is -0.935. The highest BCUT2D eigenvalue weighted by molar-refractivity contribution is 6.23. The van der Waals surface area contributed by atoms with Gasteiger partial charge in [0.15, 0.2) is 0 Å². The van der Waals surface area contributed by atoms with Crippen molar-refractivity contribution in [2.24, 2.45) is 0 Å². The zero-order valence-corrected chi connectivity index (χ0v) is 10.2. The first-order valence-corrected chi connectivity index (χ1v) is 5.66.